The highest BCUT2D eigenvalue weighted by Crippen LogP contribution is 2.52. The van der Waals surface area contributed by atoms with Gasteiger partial charge in [-0.2, -0.15) is 0 Å². The van der Waals surface area contributed by atoms with Gasteiger partial charge in [-0.25, -0.2) is 4.79 Å². The number of hydrogen-bond donors (Lipinski definition) is 2. The maximum Gasteiger partial charge on any atom is 0.407 e. The van der Waals surface area contributed by atoms with Crippen LogP contribution in [0.2, 0.25) is 0 Å². The molecule has 35 heavy (non-hydrogen) atoms. The molecule has 4 aliphatic rings. The minimum Gasteiger partial charge on any atom is -0.481 e. The molecule has 1 saturated heterocycles. The highest BCUT2D eigenvalue weighted by atomic mass is 16.5. The molecule has 7 nitrogen and oxygen atoms in total. The monoisotopic (exact) mass is 474 g/mol. The number of fused-ring (bicyclic) bond motifs is 4. The van der Waals surface area contributed by atoms with E-state index in [4.69, 9.17) is 9.84 Å². The molecule has 182 valence electrons. The van der Waals surface area contributed by atoms with Crippen molar-refractivity contribution in [3.63, 3.8) is 0 Å². The minimum atomic E-state index is -0.731. The van der Waals surface area contributed by atoms with Crippen molar-refractivity contribution in [2.45, 2.75) is 37.6 Å². The van der Waals surface area contributed by atoms with Gasteiger partial charge in [0.1, 0.15) is 6.61 Å². The van der Waals surface area contributed by atoms with Crippen molar-refractivity contribution in [2.75, 3.05) is 19.7 Å². The van der Waals surface area contributed by atoms with Crippen LogP contribution in [0, 0.1) is 23.7 Å². The third kappa shape index (κ3) is 4.07. The number of nitrogens with zero attached hydrogens (tertiary/aromatic N) is 1. The number of nitrogens with one attached hydrogen (secondary N) is 1. The summed E-state index contributed by atoms with van der Waals surface area (Å²) in [7, 11) is 0. The molecular weight excluding hydrogens is 444 g/mol. The largest absolute Gasteiger partial charge is 0.481 e. The summed E-state index contributed by atoms with van der Waals surface area (Å²) in [6.07, 6.45) is 2.59. The van der Waals surface area contributed by atoms with Crippen LogP contribution in [-0.4, -0.2) is 53.7 Å². The number of carbonyl (C=O) groups is 3. The van der Waals surface area contributed by atoms with Crippen LogP contribution in [-0.2, 0) is 14.3 Å². The van der Waals surface area contributed by atoms with Crippen LogP contribution >= 0.6 is 0 Å². The quantitative estimate of drug-likeness (QED) is 0.663. The minimum absolute atomic E-state index is 0.0202. The molecule has 0 aromatic heterocycles. The Kier molecular flexibility index (Phi) is 5.50. The number of hydrogen-bond acceptors (Lipinski definition) is 4. The van der Waals surface area contributed by atoms with Crippen LogP contribution in [0.4, 0.5) is 4.79 Å². The number of piperidine rings is 1. The fraction of sp³-hybridized carbons (Fsp3) is 0.464. The van der Waals surface area contributed by atoms with E-state index in [0.29, 0.717) is 26.1 Å². The molecule has 7 heteroatoms. The number of aliphatic carboxylic acids is 1. The van der Waals surface area contributed by atoms with Crippen molar-refractivity contribution in [1.29, 1.82) is 0 Å². The van der Waals surface area contributed by atoms with Crippen molar-refractivity contribution >= 4 is 18.0 Å². The summed E-state index contributed by atoms with van der Waals surface area (Å²) in [6, 6.07) is 16.6. The first-order valence-electron chi connectivity index (χ1n) is 12.6. The Balaban J connectivity index is 0.972. The van der Waals surface area contributed by atoms with E-state index in [1.165, 1.54) is 22.3 Å². The summed E-state index contributed by atoms with van der Waals surface area (Å²) in [6.45, 7) is 1.45. The SMILES string of the molecule is O=C(N[C@@H]1CC[C@H](CC(=O)N2C[C@@H]3C(C(=O)O)[C@@H]3C2)C1)OCC1c2ccccc2-c2ccccc21. The lowest BCUT2D eigenvalue weighted by Crippen LogP contribution is -2.35. The standard InChI is InChI=1S/C28H30N2O5/c31-25(30-13-22-23(14-30)26(22)27(32)33)12-16-9-10-17(11-16)29-28(34)35-15-24-20-7-3-1-5-18(20)19-6-2-4-8-21(19)24/h1-8,16-17,22-24,26H,9-15H2,(H,29,34)(H,32,33)/t16-,17+,22-,23+,26?/m0/s1. The second-order valence-electron chi connectivity index (χ2n) is 10.5. The number of carboxylic acids is 1. The number of ether oxygens (including phenoxy) is 1. The summed E-state index contributed by atoms with van der Waals surface area (Å²) in [5, 5.41) is 12.2. The first-order valence-corrected chi connectivity index (χ1v) is 12.6. The van der Waals surface area contributed by atoms with Gasteiger partial charge in [0.15, 0.2) is 0 Å². The highest BCUT2D eigenvalue weighted by Gasteiger charge is 2.60. The van der Waals surface area contributed by atoms with Gasteiger partial charge in [0.05, 0.1) is 5.92 Å². The third-order valence-corrected chi connectivity index (χ3v) is 8.50. The van der Waals surface area contributed by atoms with E-state index in [9.17, 15) is 14.4 Å². The molecule has 2 saturated carbocycles. The van der Waals surface area contributed by atoms with Crippen molar-refractivity contribution in [3.05, 3.63) is 59.7 Å². The van der Waals surface area contributed by atoms with Gasteiger partial charge in [0, 0.05) is 31.5 Å². The molecular formula is C28H30N2O5. The zero-order chi connectivity index (χ0) is 24.1. The number of amides is 2. The van der Waals surface area contributed by atoms with Crippen LogP contribution in [0.25, 0.3) is 11.1 Å². The fourth-order valence-electron chi connectivity index (χ4n) is 6.67. The molecule has 2 aromatic carbocycles. The number of carboxylic acid groups (broad SMARTS) is 1. The lowest BCUT2D eigenvalue weighted by Gasteiger charge is -2.21. The first kappa shape index (κ1) is 22.1. The summed E-state index contributed by atoms with van der Waals surface area (Å²) in [5.41, 5.74) is 4.79. The first-order chi connectivity index (χ1) is 17.0. The summed E-state index contributed by atoms with van der Waals surface area (Å²) < 4.78 is 5.67. The number of alkyl carbamates (subject to hydrolysis) is 1. The molecule has 1 unspecified atom stereocenters. The fourth-order valence-corrected chi connectivity index (χ4v) is 6.67. The van der Waals surface area contributed by atoms with Gasteiger partial charge in [-0.15, -0.1) is 0 Å². The average Bonchev–Trinajstić information content (AvgIpc) is 3.17. The Morgan fingerprint density at radius 2 is 1.57 bits per heavy atom. The second-order valence-corrected chi connectivity index (χ2v) is 10.5. The summed E-state index contributed by atoms with van der Waals surface area (Å²) in [5.74, 6) is -0.302. The van der Waals surface area contributed by atoms with E-state index in [-0.39, 0.29) is 41.5 Å². The summed E-state index contributed by atoms with van der Waals surface area (Å²) in [4.78, 5) is 38.2. The number of likely N-dealkylation sites (tertiary alicyclic amines) is 1. The van der Waals surface area contributed by atoms with Crippen LogP contribution in [0.3, 0.4) is 0 Å². The molecule has 0 spiro atoms. The molecule has 2 N–H and O–H groups in total. The Bertz CT molecular complexity index is 1120. The van der Waals surface area contributed by atoms with Gasteiger partial charge in [-0.1, -0.05) is 48.5 Å². The average molecular weight is 475 g/mol. The predicted molar refractivity (Wildman–Crippen MR) is 129 cm³/mol. The van der Waals surface area contributed by atoms with Crippen molar-refractivity contribution in [3.8, 4) is 11.1 Å². The van der Waals surface area contributed by atoms with Crippen LogP contribution in [0.5, 0.6) is 0 Å². The smallest absolute Gasteiger partial charge is 0.407 e. The highest BCUT2D eigenvalue weighted by molar-refractivity contribution is 5.80. The van der Waals surface area contributed by atoms with Gasteiger partial charge >= 0.3 is 12.1 Å². The predicted octanol–water partition coefficient (Wildman–Crippen LogP) is 3.87. The number of carbonyl (C=O) groups excluding carboxylic acids is 2. The van der Waals surface area contributed by atoms with E-state index in [2.05, 4.69) is 29.6 Å². The third-order valence-electron chi connectivity index (χ3n) is 8.50. The number of rotatable bonds is 6. The van der Waals surface area contributed by atoms with E-state index in [1.54, 1.807) is 0 Å². The maximum absolute atomic E-state index is 12.7. The molecule has 2 amide bonds. The molecule has 6 rings (SSSR count). The zero-order valence-corrected chi connectivity index (χ0v) is 19.6. The Hall–Kier alpha value is -3.35. The Morgan fingerprint density at radius 1 is 0.943 bits per heavy atom. The topological polar surface area (TPSA) is 95.9 Å². The van der Waals surface area contributed by atoms with Crippen molar-refractivity contribution in [1.82, 2.24) is 10.2 Å². The summed E-state index contributed by atoms with van der Waals surface area (Å²) >= 11 is 0. The van der Waals surface area contributed by atoms with Crippen LogP contribution < -0.4 is 5.32 Å². The molecule has 1 heterocycles. The second kappa shape index (κ2) is 8.70. The molecule has 3 aliphatic carbocycles. The Morgan fingerprint density at radius 3 is 2.20 bits per heavy atom. The molecule has 3 fully saturated rings. The van der Waals surface area contributed by atoms with E-state index < -0.39 is 12.1 Å². The van der Waals surface area contributed by atoms with E-state index in [1.807, 2.05) is 29.2 Å². The molecule has 0 bridgehead atoms. The molecule has 1 aliphatic heterocycles. The van der Waals surface area contributed by atoms with Crippen LogP contribution in [0.1, 0.15) is 42.7 Å². The molecule has 2 aromatic rings. The van der Waals surface area contributed by atoms with Crippen LogP contribution in [0.15, 0.2) is 48.5 Å². The van der Waals surface area contributed by atoms with Gasteiger partial charge in [0.2, 0.25) is 5.91 Å². The molecule has 0 radical (unpaired) electrons. The number of benzene rings is 2. The van der Waals surface area contributed by atoms with Crippen molar-refractivity contribution < 1.29 is 24.2 Å². The van der Waals surface area contributed by atoms with Crippen molar-refractivity contribution in [2.24, 2.45) is 23.7 Å². The van der Waals surface area contributed by atoms with E-state index >= 15 is 0 Å². The van der Waals surface area contributed by atoms with Gasteiger partial charge in [-0.3, -0.25) is 9.59 Å². The molecule has 5 atom stereocenters. The van der Waals surface area contributed by atoms with Gasteiger partial charge in [0.25, 0.3) is 0 Å². The zero-order valence-electron chi connectivity index (χ0n) is 19.6. The lowest BCUT2D eigenvalue weighted by molar-refractivity contribution is -0.141. The normalized spacial score (nSPS) is 28.2. The van der Waals surface area contributed by atoms with E-state index in [0.717, 1.165) is 19.3 Å². The maximum atomic E-state index is 12.7. The Labute approximate surface area is 204 Å². The van der Waals surface area contributed by atoms with Gasteiger partial charge in [-0.05, 0) is 59.3 Å². The van der Waals surface area contributed by atoms with Gasteiger partial charge < -0.3 is 20.1 Å². The lowest BCUT2D eigenvalue weighted by atomic mass is 9.98.